The molecule has 11 nitrogen and oxygen atoms in total. The Morgan fingerprint density at radius 3 is 2.77 bits per heavy atom. The van der Waals surface area contributed by atoms with E-state index in [4.69, 9.17) is 21.8 Å². The van der Waals surface area contributed by atoms with E-state index in [2.05, 4.69) is 21.2 Å². The number of rotatable bonds is 5. The number of nitrogens with zero attached hydrogens (tertiary/aromatic N) is 3. The van der Waals surface area contributed by atoms with Gasteiger partial charge in [0.15, 0.2) is 12.1 Å². The van der Waals surface area contributed by atoms with Gasteiger partial charge in [0, 0.05) is 11.8 Å². The molecule has 26 heavy (non-hydrogen) atoms. The third kappa shape index (κ3) is 2.85. The molecular formula is C15H18N6O5. The van der Waals surface area contributed by atoms with Gasteiger partial charge in [-0.25, -0.2) is 9.97 Å². The van der Waals surface area contributed by atoms with Gasteiger partial charge in [-0.1, -0.05) is 5.92 Å². The van der Waals surface area contributed by atoms with Crippen LogP contribution in [0.1, 0.15) is 11.8 Å². The van der Waals surface area contributed by atoms with Gasteiger partial charge in [-0.3, -0.25) is 16.1 Å². The molecule has 1 aliphatic rings. The van der Waals surface area contributed by atoms with E-state index in [1.54, 1.807) is 5.48 Å². The molecule has 0 saturated carbocycles. The third-order valence-electron chi connectivity index (χ3n) is 4.14. The maximum atomic E-state index is 10.3. The van der Waals surface area contributed by atoms with E-state index < -0.39 is 31.1 Å². The first-order chi connectivity index (χ1) is 12.5. The van der Waals surface area contributed by atoms with Gasteiger partial charge in [-0.15, -0.1) is 6.42 Å². The topological polar surface area (TPSA) is 169 Å². The molecule has 0 amide bonds. The summed E-state index contributed by atoms with van der Waals surface area (Å²) in [6, 6.07) is 0. The zero-order chi connectivity index (χ0) is 18.8. The number of aromatic nitrogens is 3. The largest absolute Gasteiger partial charge is 0.394 e. The van der Waals surface area contributed by atoms with Crippen LogP contribution in [0.15, 0.2) is 12.5 Å². The molecular weight excluding hydrogens is 344 g/mol. The number of aliphatic hydroxyl groups excluding tert-OH is 3. The summed E-state index contributed by atoms with van der Waals surface area (Å²) in [5.41, 5.74) is 2.26. The van der Waals surface area contributed by atoms with E-state index in [0.29, 0.717) is 11.2 Å². The fraction of sp³-hybridized carbons (Fsp3) is 0.400. The third-order valence-corrected chi connectivity index (χ3v) is 4.14. The van der Waals surface area contributed by atoms with Crippen LogP contribution in [-0.2, 0) is 4.74 Å². The number of terminal acetylenes is 1. The Labute approximate surface area is 147 Å². The first kappa shape index (κ1) is 18.1. The maximum absolute atomic E-state index is 10.3. The molecule has 3 rings (SSSR count). The van der Waals surface area contributed by atoms with Gasteiger partial charge >= 0.3 is 0 Å². The second kappa shape index (κ2) is 7.24. The molecule has 0 aromatic carbocycles. The minimum Gasteiger partial charge on any atom is -0.394 e. The normalized spacial score (nSPS) is 25.2. The zero-order valence-electron chi connectivity index (χ0n) is 13.5. The standard InChI is InChI=1S/C15H18N6O5/c1-2-3-17-13-9-7(12(16)20-25)4-21(14(9)19-6-18-13)15-11(24)10(23)8(5-22)26-15/h1,4,6,8,10-11,15,22-25H,3,5H2,(H2,16,20)(H,17,18,19)/t8?,10?,11-,15+/m0/s1. The average Bonchev–Trinajstić information content (AvgIpc) is 3.18. The lowest BCUT2D eigenvalue weighted by Gasteiger charge is -2.17. The first-order valence-electron chi connectivity index (χ1n) is 7.67. The number of ether oxygens (including phenoxy) is 1. The van der Waals surface area contributed by atoms with Gasteiger partial charge in [-0.05, 0) is 0 Å². The number of hydroxylamine groups is 1. The molecule has 1 saturated heterocycles. The summed E-state index contributed by atoms with van der Waals surface area (Å²) >= 11 is 0. The smallest absolute Gasteiger partial charge is 0.164 e. The van der Waals surface area contributed by atoms with Crippen molar-refractivity contribution in [3.05, 3.63) is 18.1 Å². The van der Waals surface area contributed by atoms with Gasteiger partial charge in [-0.2, -0.15) is 0 Å². The van der Waals surface area contributed by atoms with E-state index in [1.807, 2.05) is 0 Å². The molecule has 11 heteroatoms. The van der Waals surface area contributed by atoms with Crippen molar-refractivity contribution in [1.82, 2.24) is 20.0 Å². The SMILES string of the molecule is C#CCNc1ncnc2c1c(C(=N)NO)cn2[C@@H]1OC(CO)C(O)[C@@H]1O. The number of aliphatic hydroxyl groups is 3. The summed E-state index contributed by atoms with van der Waals surface area (Å²) in [4.78, 5) is 8.26. The summed E-state index contributed by atoms with van der Waals surface area (Å²) in [7, 11) is 0. The Balaban J connectivity index is 2.15. The summed E-state index contributed by atoms with van der Waals surface area (Å²) in [5.74, 6) is 2.40. The Morgan fingerprint density at radius 1 is 1.38 bits per heavy atom. The fourth-order valence-corrected chi connectivity index (χ4v) is 2.91. The summed E-state index contributed by atoms with van der Waals surface area (Å²) in [5, 5.41) is 49.8. The number of fused-ring (bicyclic) bond motifs is 1. The van der Waals surface area contributed by atoms with Crippen LogP contribution in [0.25, 0.3) is 11.0 Å². The van der Waals surface area contributed by atoms with Crippen molar-refractivity contribution < 1.29 is 25.3 Å². The van der Waals surface area contributed by atoms with Gasteiger partial charge in [0.1, 0.15) is 36.1 Å². The van der Waals surface area contributed by atoms with Crippen LogP contribution >= 0.6 is 0 Å². The lowest BCUT2D eigenvalue weighted by Crippen LogP contribution is -2.33. The van der Waals surface area contributed by atoms with Crippen LogP contribution in [0.2, 0.25) is 0 Å². The highest BCUT2D eigenvalue weighted by Gasteiger charge is 2.44. The molecule has 4 atom stereocenters. The summed E-state index contributed by atoms with van der Waals surface area (Å²) < 4.78 is 6.93. The lowest BCUT2D eigenvalue weighted by atomic mass is 10.1. The van der Waals surface area contributed by atoms with Crippen LogP contribution in [0.3, 0.4) is 0 Å². The second-order valence-electron chi connectivity index (χ2n) is 5.64. The maximum Gasteiger partial charge on any atom is 0.164 e. The van der Waals surface area contributed by atoms with E-state index in [0.717, 1.165) is 0 Å². The van der Waals surface area contributed by atoms with E-state index >= 15 is 0 Å². The highest BCUT2D eigenvalue weighted by Crippen LogP contribution is 2.35. The highest BCUT2D eigenvalue weighted by molar-refractivity contribution is 6.10. The Morgan fingerprint density at radius 2 is 2.15 bits per heavy atom. The molecule has 0 radical (unpaired) electrons. The van der Waals surface area contributed by atoms with Gasteiger partial charge in [0.25, 0.3) is 0 Å². The zero-order valence-corrected chi connectivity index (χ0v) is 13.5. The van der Waals surface area contributed by atoms with E-state index in [-0.39, 0.29) is 23.6 Å². The van der Waals surface area contributed by atoms with Crippen molar-refractivity contribution in [2.45, 2.75) is 24.5 Å². The number of anilines is 1. The molecule has 7 N–H and O–H groups in total. The summed E-state index contributed by atoms with van der Waals surface area (Å²) in [6.45, 7) is -0.302. The predicted octanol–water partition coefficient (Wildman–Crippen LogP) is -1.61. The molecule has 3 heterocycles. The number of nitrogens with one attached hydrogen (secondary N) is 3. The molecule has 0 spiro atoms. The summed E-state index contributed by atoms with van der Waals surface area (Å²) in [6.07, 6.45) is 3.30. The molecule has 138 valence electrons. The number of hydrogen-bond donors (Lipinski definition) is 7. The Kier molecular flexibility index (Phi) is 5.03. The van der Waals surface area contributed by atoms with Gasteiger partial charge < -0.3 is 29.9 Å². The lowest BCUT2D eigenvalue weighted by molar-refractivity contribution is -0.0508. The van der Waals surface area contributed by atoms with Gasteiger partial charge in [0.2, 0.25) is 0 Å². The van der Waals surface area contributed by atoms with E-state index in [1.165, 1.54) is 17.1 Å². The van der Waals surface area contributed by atoms with Crippen LogP contribution in [-0.4, -0.2) is 72.4 Å². The Bertz CT molecular complexity index is 862. The minimum absolute atomic E-state index is 0.171. The molecule has 0 bridgehead atoms. The quantitative estimate of drug-likeness (QED) is 0.143. The Hall–Kier alpha value is -2.75. The van der Waals surface area contributed by atoms with Crippen LogP contribution in [0, 0.1) is 17.8 Å². The molecule has 2 aromatic rings. The molecule has 2 aromatic heterocycles. The van der Waals surface area contributed by atoms with Crippen molar-refractivity contribution in [2.24, 2.45) is 0 Å². The number of hydrogen-bond acceptors (Lipinski definition) is 9. The van der Waals surface area contributed by atoms with Crippen LogP contribution in [0.4, 0.5) is 5.82 Å². The fourth-order valence-electron chi connectivity index (χ4n) is 2.91. The van der Waals surface area contributed by atoms with Crippen LogP contribution in [0.5, 0.6) is 0 Å². The van der Waals surface area contributed by atoms with Crippen molar-refractivity contribution in [3.8, 4) is 12.3 Å². The van der Waals surface area contributed by atoms with Crippen molar-refractivity contribution in [2.75, 3.05) is 18.5 Å². The second-order valence-corrected chi connectivity index (χ2v) is 5.64. The predicted molar refractivity (Wildman–Crippen MR) is 89.6 cm³/mol. The molecule has 1 aliphatic heterocycles. The minimum atomic E-state index is -1.33. The van der Waals surface area contributed by atoms with E-state index in [9.17, 15) is 15.3 Å². The first-order valence-corrected chi connectivity index (χ1v) is 7.67. The molecule has 0 aliphatic carbocycles. The average molecular weight is 362 g/mol. The van der Waals surface area contributed by atoms with Crippen molar-refractivity contribution >= 4 is 22.7 Å². The van der Waals surface area contributed by atoms with Crippen LogP contribution < -0.4 is 10.8 Å². The van der Waals surface area contributed by atoms with Crippen molar-refractivity contribution in [1.29, 1.82) is 5.41 Å². The molecule has 2 unspecified atom stereocenters. The molecule has 1 fully saturated rings. The monoisotopic (exact) mass is 362 g/mol. The number of amidine groups is 1. The highest BCUT2D eigenvalue weighted by atomic mass is 16.6. The van der Waals surface area contributed by atoms with Crippen molar-refractivity contribution in [3.63, 3.8) is 0 Å². The van der Waals surface area contributed by atoms with Gasteiger partial charge in [0.05, 0.1) is 18.5 Å².